The maximum absolute atomic E-state index is 13.4. The zero-order valence-corrected chi connectivity index (χ0v) is 21.6. The number of aryl methyl sites for hydroxylation is 1. The summed E-state index contributed by atoms with van der Waals surface area (Å²) in [5.74, 6) is 0.628. The van der Waals surface area contributed by atoms with E-state index < -0.39 is 22.2 Å². The van der Waals surface area contributed by atoms with Crippen LogP contribution >= 0.6 is 0 Å². The number of hydrogen-bond acceptors (Lipinski definition) is 7. The summed E-state index contributed by atoms with van der Waals surface area (Å²) < 4.78 is 44.4. The first-order valence-corrected chi connectivity index (χ1v) is 12.9. The zero-order valence-electron chi connectivity index (χ0n) is 20.8. The highest BCUT2D eigenvalue weighted by Crippen LogP contribution is 2.33. The highest BCUT2D eigenvalue weighted by molar-refractivity contribution is 7.89. The third kappa shape index (κ3) is 6.13. The Balaban J connectivity index is 1.73. The van der Waals surface area contributed by atoms with Gasteiger partial charge in [0.05, 0.1) is 17.6 Å². The standard InChI is InChI=1S/C25H34N2O7S/c1-17-6-9-21(10-7-17)35(30,31)27(19(3)15-28)13-18(2)24(32-5)14-26(4)25(29)20-8-11-22-23(12-20)34-16-33-22/h6-12,18-19,24,28H,13-16H2,1-5H3/t18-,19-,24-/m1/s1. The van der Waals surface area contributed by atoms with Gasteiger partial charge in [-0.05, 0) is 50.1 Å². The third-order valence-corrected chi connectivity index (χ3v) is 8.20. The number of fused-ring (bicyclic) bond motifs is 1. The molecule has 1 aliphatic rings. The summed E-state index contributed by atoms with van der Waals surface area (Å²) in [6.07, 6.45) is -0.445. The number of methoxy groups -OCH3 is 1. The van der Waals surface area contributed by atoms with E-state index >= 15 is 0 Å². The molecule has 9 nitrogen and oxygen atoms in total. The van der Waals surface area contributed by atoms with Crippen LogP contribution in [-0.4, -0.2) is 81.4 Å². The topological polar surface area (TPSA) is 106 Å². The SMILES string of the molecule is CO[C@H](CN(C)C(=O)c1ccc2c(c1)OCO2)[C@H](C)CN([C@H](C)CO)S(=O)(=O)c1ccc(C)cc1. The fraction of sp³-hybridized carbons (Fsp3) is 0.480. The number of aliphatic hydroxyl groups excluding tert-OH is 1. The fourth-order valence-corrected chi connectivity index (χ4v) is 5.67. The Labute approximate surface area is 207 Å². The van der Waals surface area contributed by atoms with Crippen molar-refractivity contribution in [3.8, 4) is 11.5 Å². The van der Waals surface area contributed by atoms with Gasteiger partial charge in [0.15, 0.2) is 11.5 Å². The lowest BCUT2D eigenvalue weighted by atomic mass is 10.0. The average Bonchev–Trinajstić information content (AvgIpc) is 3.32. The van der Waals surface area contributed by atoms with Crippen LogP contribution in [0.5, 0.6) is 11.5 Å². The van der Waals surface area contributed by atoms with Crippen LogP contribution in [0.1, 0.15) is 29.8 Å². The Morgan fingerprint density at radius 3 is 2.37 bits per heavy atom. The molecule has 1 heterocycles. The number of rotatable bonds is 11. The molecule has 1 amide bonds. The molecule has 192 valence electrons. The Bertz CT molecular complexity index is 1120. The van der Waals surface area contributed by atoms with Gasteiger partial charge < -0.3 is 24.2 Å². The van der Waals surface area contributed by atoms with Gasteiger partial charge in [-0.3, -0.25) is 4.79 Å². The fourth-order valence-electron chi connectivity index (χ4n) is 3.94. The number of nitrogens with zero attached hydrogens (tertiary/aromatic N) is 2. The molecule has 35 heavy (non-hydrogen) atoms. The Morgan fingerprint density at radius 1 is 1.09 bits per heavy atom. The van der Waals surface area contributed by atoms with Crippen LogP contribution in [0.25, 0.3) is 0 Å². The normalized spacial score (nSPS) is 15.6. The summed E-state index contributed by atoms with van der Waals surface area (Å²) in [6, 6.07) is 11.0. The number of amides is 1. The van der Waals surface area contributed by atoms with Crippen molar-refractivity contribution in [1.29, 1.82) is 0 Å². The molecule has 2 aromatic rings. The Kier molecular flexibility index (Phi) is 8.76. The molecule has 0 bridgehead atoms. The van der Waals surface area contributed by atoms with Crippen LogP contribution in [0.3, 0.4) is 0 Å². The van der Waals surface area contributed by atoms with Crippen molar-refractivity contribution in [3.63, 3.8) is 0 Å². The Morgan fingerprint density at radius 2 is 1.74 bits per heavy atom. The van der Waals surface area contributed by atoms with Gasteiger partial charge in [-0.1, -0.05) is 24.6 Å². The number of ether oxygens (including phenoxy) is 3. The maximum Gasteiger partial charge on any atom is 0.253 e. The number of sulfonamides is 1. The minimum atomic E-state index is -3.85. The largest absolute Gasteiger partial charge is 0.454 e. The first-order valence-electron chi connectivity index (χ1n) is 11.5. The summed E-state index contributed by atoms with van der Waals surface area (Å²) in [4.78, 5) is 14.7. The van der Waals surface area contributed by atoms with Gasteiger partial charge in [-0.2, -0.15) is 4.31 Å². The lowest BCUT2D eigenvalue weighted by Gasteiger charge is -2.33. The molecule has 2 aromatic carbocycles. The van der Waals surface area contributed by atoms with Crippen LogP contribution in [0, 0.1) is 12.8 Å². The van der Waals surface area contributed by atoms with Crippen molar-refractivity contribution in [2.75, 3.05) is 40.6 Å². The van der Waals surface area contributed by atoms with Gasteiger partial charge in [0.2, 0.25) is 16.8 Å². The van der Waals surface area contributed by atoms with Crippen molar-refractivity contribution in [1.82, 2.24) is 9.21 Å². The molecular formula is C25H34N2O7S. The number of benzene rings is 2. The molecule has 3 rings (SSSR count). The second-order valence-corrected chi connectivity index (χ2v) is 10.8. The molecule has 0 saturated heterocycles. The summed E-state index contributed by atoms with van der Waals surface area (Å²) in [6.45, 7) is 5.58. The maximum atomic E-state index is 13.4. The molecule has 1 aliphatic heterocycles. The molecular weight excluding hydrogens is 472 g/mol. The zero-order chi connectivity index (χ0) is 25.8. The number of carbonyl (C=O) groups excluding carboxylic acids is 1. The second-order valence-electron chi connectivity index (χ2n) is 8.92. The van der Waals surface area contributed by atoms with E-state index in [0.29, 0.717) is 17.1 Å². The number of likely N-dealkylation sites (N-methyl/N-ethyl adjacent to an activating group) is 1. The minimum Gasteiger partial charge on any atom is -0.454 e. The van der Waals surface area contributed by atoms with E-state index in [-0.39, 0.29) is 43.2 Å². The van der Waals surface area contributed by atoms with E-state index in [1.54, 1.807) is 56.4 Å². The highest BCUT2D eigenvalue weighted by Gasteiger charge is 2.33. The van der Waals surface area contributed by atoms with E-state index in [2.05, 4.69) is 0 Å². The minimum absolute atomic E-state index is 0.114. The third-order valence-electron chi connectivity index (χ3n) is 6.21. The lowest BCUT2D eigenvalue weighted by Crippen LogP contribution is -2.47. The molecule has 0 unspecified atom stereocenters. The number of carbonyl (C=O) groups is 1. The molecule has 0 spiro atoms. The average molecular weight is 507 g/mol. The van der Waals surface area contributed by atoms with Gasteiger partial charge in [-0.25, -0.2) is 8.42 Å². The first kappa shape index (κ1) is 26.9. The number of hydrogen-bond donors (Lipinski definition) is 1. The van der Waals surface area contributed by atoms with Gasteiger partial charge in [-0.15, -0.1) is 0 Å². The highest BCUT2D eigenvalue weighted by atomic mass is 32.2. The molecule has 0 aromatic heterocycles. The Hall–Kier alpha value is -2.66. The molecule has 1 N–H and O–H groups in total. The smallest absolute Gasteiger partial charge is 0.253 e. The van der Waals surface area contributed by atoms with E-state index in [1.807, 2.05) is 13.8 Å². The monoisotopic (exact) mass is 506 g/mol. The predicted octanol–water partition coefficient (Wildman–Crippen LogP) is 2.52. The van der Waals surface area contributed by atoms with Crippen LogP contribution < -0.4 is 9.47 Å². The van der Waals surface area contributed by atoms with Crippen molar-refractivity contribution < 1.29 is 32.5 Å². The van der Waals surface area contributed by atoms with Gasteiger partial charge in [0.1, 0.15) is 0 Å². The quantitative estimate of drug-likeness (QED) is 0.499. The molecule has 0 radical (unpaired) electrons. The van der Waals surface area contributed by atoms with Crippen LogP contribution in [0.4, 0.5) is 0 Å². The summed E-state index contributed by atoms with van der Waals surface area (Å²) in [7, 11) is -0.643. The summed E-state index contributed by atoms with van der Waals surface area (Å²) in [5.41, 5.74) is 1.41. The second kappa shape index (κ2) is 11.4. The molecule has 0 saturated carbocycles. The molecule has 0 fully saturated rings. The lowest BCUT2D eigenvalue weighted by molar-refractivity contribution is 0.0221. The van der Waals surface area contributed by atoms with E-state index in [0.717, 1.165) is 5.56 Å². The van der Waals surface area contributed by atoms with Crippen LogP contribution in [0.15, 0.2) is 47.4 Å². The van der Waals surface area contributed by atoms with Crippen LogP contribution in [0.2, 0.25) is 0 Å². The van der Waals surface area contributed by atoms with Gasteiger partial charge >= 0.3 is 0 Å². The van der Waals surface area contributed by atoms with Crippen molar-refractivity contribution >= 4 is 15.9 Å². The number of aliphatic hydroxyl groups is 1. The predicted molar refractivity (Wildman–Crippen MR) is 131 cm³/mol. The molecule has 10 heteroatoms. The first-order chi connectivity index (χ1) is 16.6. The summed E-state index contributed by atoms with van der Waals surface area (Å²) in [5, 5.41) is 9.77. The van der Waals surface area contributed by atoms with Crippen molar-refractivity contribution in [3.05, 3.63) is 53.6 Å². The molecule has 0 aliphatic carbocycles. The summed E-state index contributed by atoms with van der Waals surface area (Å²) >= 11 is 0. The van der Waals surface area contributed by atoms with Crippen molar-refractivity contribution in [2.24, 2.45) is 5.92 Å². The van der Waals surface area contributed by atoms with Gasteiger partial charge in [0, 0.05) is 38.9 Å². The van der Waals surface area contributed by atoms with E-state index in [1.165, 1.54) is 16.3 Å². The van der Waals surface area contributed by atoms with Crippen LogP contribution in [-0.2, 0) is 14.8 Å². The van der Waals surface area contributed by atoms with E-state index in [4.69, 9.17) is 14.2 Å². The molecule has 3 atom stereocenters. The van der Waals surface area contributed by atoms with Crippen molar-refractivity contribution in [2.45, 2.75) is 37.8 Å². The van der Waals surface area contributed by atoms with Gasteiger partial charge in [0.25, 0.3) is 5.91 Å². The van der Waals surface area contributed by atoms with E-state index in [9.17, 15) is 18.3 Å².